The number of likely N-dealkylation sites (tertiary alicyclic amines) is 1. The van der Waals surface area contributed by atoms with Gasteiger partial charge in [0.1, 0.15) is 11.6 Å². The molecular weight excluding hydrogens is 688 g/mol. The Morgan fingerprint density at radius 1 is 0.962 bits per heavy atom. The number of aliphatic imine (C=N–C) groups is 1. The topological polar surface area (TPSA) is 113 Å². The van der Waals surface area contributed by atoms with Crippen molar-refractivity contribution >= 4 is 34.9 Å². The van der Waals surface area contributed by atoms with E-state index in [4.69, 9.17) is 26.1 Å². The van der Waals surface area contributed by atoms with E-state index in [1.807, 2.05) is 0 Å². The molecule has 0 unspecified atom stereocenters. The van der Waals surface area contributed by atoms with Crippen molar-refractivity contribution in [1.82, 2.24) is 25.5 Å². The molecule has 0 bridgehead atoms. The van der Waals surface area contributed by atoms with E-state index in [1.165, 1.54) is 18.2 Å². The Balaban J connectivity index is 0.967. The van der Waals surface area contributed by atoms with E-state index < -0.39 is 11.6 Å². The van der Waals surface area contributed by atoms with E-state index in [2.05, 4.69) is 37.8 Å². The Kier molecular flexibility index (Phi) is 13.3. The van der Waals surface area contributed by atoms with Gasteiger partial charge in [0.05, 0.1) is 49.4 Å². The Morgan fingerprint density at radius 3 is 2.52 bits per heavy atom. The van der Waals surface area contributed by atoms with Crippen LogP contribution in [-0.2, 0) is 16.0 Å². The van der Waals surface area contributed by atoms with Crippen LogP contribution in [0.3, 0.4) is 0 Å². The van der Waals surface area contributed by atoms with Gasteiger partial charge in [-0.3, -0.25) is 9.79 Å². The number of piperidine rings is 1. The number of benzene rings is 3. The summed E-state index contributed by atoms with van der Waals surface area (Å²) in [6, 6.07) is 15.8. The van der Waals surface area contributed by atoms with E-state index >= 15 is 0 Å². The molecule has 10 nitrogen and oxygen atoms in total. The fourth-order valence-corrected chi connectivity index (χ4v) is 6.46. The number of carbonyl (C=O) groups excluding carboxylic acids is 1. The minimum absolute atomic E-state index is 0.117. The van der Waals surface area contributed by atoms with Crippen molar-refractivity contribution in [2.45, 2.75) is 38.8 Å². The van der Waals surface area contributed by atoms with E-state index in [9.17, 15) is 13.6 Å². The lowest BCUT2D eigenvalue weighted by Gasteiger charge is -2.31. The molecule has 274 valence electrons. The summed E-state index contributed by atoms with van der Waals surface area (Å²) >= 11 is 6.33. The van der Waals surface area contributed by atoms with E-state index in [0.29, 0.717) is 70.5 Å². The van der Waals surface area contributed by atoms with Gasteiger partial charge in [-0.1, -0.05) is 30.7 Å². The van der Waals surface area contributed by atoms with Crippen LogP contribution in [0.1, 0.15) is 53.2 Å². The lowest BCUT2D eigenvalue weighted by molar-refractivity contribution is 0.00271. The van der Waals surface area contributed by atoms with Gasteiger partial charge in [-0.2, -0.15) is 0 Å². The Morgan fingerprint density at radius 2 is 1.75 bits per heavy atom. The number of aromatic nitrogens is 2. The summed E-state index contributed by atoms with van der Waals surface area (Å²) < 4.78 is 41.5. The highest BCUT2D eigenvalue weighted by atomic mass is 35.5. The SMILES string of the molecule is CCCNCCOC1CCN(CCOCCNC(=O)c2ccc(Nc3ncc4c(n3)-c3ccc(Cl)cc3C(c3c(F)cccc3F)=NC4)cc2)CC1. The van der Waals surface area contributed by atoms with Gasteiger partial charge in [0.2, 0.25) is 5.95 Å². The molecule has 1 fully saturated rings. The number of hydrogen-bond donors (Lipinski definition) is 3. The van der Waals surface area contributed by atoms with E-state index in [-0.39, 0.29) is 23.7 Å². The molecule has 3 aromatic carbocycles. The number of halogens is 3. The van der Waals surface area contributed by atoms with E-state index in [0.717, 1.165) is 58.6 Å². The van der Waals surface area contributed by atoms with Crippen LogP contribution in [0.5, 0.6) is 0 Å². The quantitative estimate of drug-likeness (QED) is 0.114. The predicted octanol–water partition coefficient (Wildman–Crippen LogP) is 6.40. The molecule has 1 aromatic heterocycles. The van der Waals surface area contributed by atoms with Gasteiger partial charge in [-0.25, -0.2) is 18.7 Å². The highest BCUT2D eigenvalue weighted by Gasteiger charge is 2.25. The van der Waals surface area contributed by atoms with Crippen molar-refractivity contribution < 1.29 is 23.0 Å². The third-order valence-electron chi connectivity index (χ3n) is 9.04. The summed E-state index contributed by atoms with van der Waals surface area (Å²) in [7, 11) is 0. The smallest absolute Gasteiger partial charge is 0.251 e. The standard InChI is InChI=1S/C39H44ClF2N7O3/c1-2-14-43-15-21-52-30-12-17-49(18-13-30)19-22-51-20-16-44-38(50)26-6-9-29(10-7-26)47-39-46-25-27-24-45-37(35-33(41)4-3-5-34(35)42)32-23-28(40)8-11-31(32)36(27)48-39/h3-11,23,25,30,43H,2,12-22,24H2,1H3,(H,44,50)(H,46,47,48). The zero-order valence-electron chi connectivity index (χ0n) is 29.3. The molecule has 6 rings (SSSR count). The zero-order valence-corrected chi connectivity index (χ0v) is 30.0. The molecule has 2 aliphatic rings. The average Bonchev–Trinajstić information content (AvgIpc) is 3.30. The van der Waals surface area contributed by atoms with Crippen molar-refractivity contribution in [1.29, 1.82) is 0 Å². The van der Waals surface area contributed by atoms with Crippen LogP contribution < -0.4 is 16.0 Å². The van der Waals surface area contributed by atoms with Crippen LogP contribution in [0.2, 0.25) is 5.02 Å². The van der Waals surface area contributed by atoms with Gasteiger partial charge < -0.3 is 30.3 Å². The van der Waals surface area contributed by atoms with Crippen molar-refractivity contribution in [2.24, 2.45) is 4.99 Å². The molecule has 0 saturated carbocycles. The third-order valence-corrected chi connectivity index (χ3v) is 9.28. The Bertz CT molecular complexity index is 1830. The minimum atomic E-state index is -0.718. The summed E-state index contributed by atoms with van der Waals surface area (Å²) in [5.41, 5.74) is 3.47. The highest BCUT2D eigenvalue weighted by molar-refractivity contribution is 6.31. The zero-order chi connectivity index (χ0) is 36.3. The minimum Gasteiger partial charge on any atom is -0.378 e. The molecular formula is C39H44ClF2N7O3. The number of fused-ring (bicyclic) bond motifs is 3. The van der Waals surface area contributed by atoms with Crippen molar-refractivity contribution in [3.8, 4) is 11.3 Å². The predicted molar refractivity (Wildman–Crippen MR) is 200 cm³/mol. The van der Waals surface area contributed by atoms with Gasteiger partial charge in [0.25, 0.3) is 5.91 Å². The lowest BCUT2D eigenvalue weighted by atomic mass is 9.95. The summed E-state index contributed by atoms with van der Waals surface area (Å²) in [6.07, 6.45) is 5.20. The molecule has 2 aliphatic heterocycles. The van der Waals surface area contributed by atoms with Crippen LogP contribution >= 0.6 is 11.6 Å². The van der Waals surface area contributed by atoms with Crippen LogP contribution in [0.25, 0.3) is 11.3 Å². The second-order valence-electron chi connectivity index (χ2n) is 12.8. The second-order valence-corrected chi connectivity index (χ2v) is 13.2. The van der Waals surface area contributed by atoms with Crippen LogP contribution in [0.4, 0.5) is 20.4 Å². The summed E-state index contributed by atoms with van der Waals surface area (Å²) in [5, 5.41) is 9.86. The number of rotatable bonds is 16. The van der Waals surface area contributed by atoms with Crippen molar-refractivity contribution in [3.05, 3.63) is 106 Å². The maximum Gasteiger partial charge on any atom is 0.251 e. The number of ether oxygens (including phenoxy) is 2. The molecule has 13 heteroatoms. The maximum atomic E-state index is 14.9. The lowest BCUT2D eigenvalue weighted by Crippen LogP contribution is -2.39. The molecule has 0 radical (unpaired) electrons. The van der Waals surface area contributed by atoms with Gasteiger partial charge >= 0.3 is 0 Å². The van der Waals surface area contributed by atoms with Gasteiger partial charge in [0.15, 0.2) is 0 Å². The number of carbonyl (C=O) groups is 1. The Hall–Kier alpha value is -4.33. The second kappa shape index (κ2) is 18.4. The number of nitrogens with zero attached hydrogens (tertiary/aromatic N) is 4. The number of anilines is 2. The van der Waals surface area contributed by atoms with Crippen LogP contribution in [0.15, 0.2) is 71.9 Å². The van der Waals surface area contributed by atoms with Crippen molar-refractivity contribution in [3.63, 3.8) is 0 Å². The Labute approximate surface area is 308 Å². The number of nitrogens with one attached hydrogen (secondary N) is 3. The van der Waals surface area contributed by atoms with E-state index in [1.54, 1.807) is 48.7 Å². The molecule has 0 aliphatic carbocycles. The fourth-order valence-electron chi connectivity index (χ4n) is 6.29. The molecule has 1 amide bonds. The molecule has 0 spiro atoms. The molecule has 3 heterocycles. The first-order valence-electron chi connectivity index (χ1n) is 17.8. The largest absolute Gasteiger partial charge is 0.378 e. The summed E-state index contributed by atoms with van der Waals surface area (Å²) in [5.74, 6) is -1.32. The van der Waals surface area contributed by atoms with Crippen molar-refractivity contribution in [2.75, 3.05) is 64.4 Å². The molecule has 3 N–H and O–H groups in total. The fraction of sp³-hybridized carbons (Fsp3) is 0.385. The maximum absolute atomic E-state index is 14.9. The molecule has 4 aromatic rings. The van der Waals surface area contributed by atoms with Crippen LogP contribution in [-0.4, -0.2) is 91.7 Å². The molecule has 1 saturated heterocycles. The summed E-state index contributed by atoms with van der Waals surface area (Å²) in [6.45, 7) is 9.33. The third kappa shape index (κ3) is 9.75. The van der Waals surface area contributed by atoms with Gasteiger partial charge in [-0.05, 0) is 74.3 Å². The first-order chi connectivity index (χ1) is 25.4. The number of hydrogen-bond acceptors (Lipinski definition) is 9. The molecule has 0 atom stereocenters. The highest BCUT2D eigenvalue weighted by Crippen LogP contribution is 2.34. The molecule has 52 heavy (non-hydrogen) atoms. The van der Waals surface area contributed by atoms with Gasteiger partial charge in [0, 0.05) is 71.9 Å². The van der Waals surface area contributed by atoms with Crippen LogP contribution in [0, 0.1) is 11.6 Å². The average molecular weight is 732 g/mol. The first-order valence-corrected chi connectivity index (χ1v) is 18.2. The van der Waals surface area contributed by atoms with Gasteiger partial charge in [-0.15, -0.1) is 0 Å². The normalized spacial score (nSPS) is 14.7. The number of amides is 1. The summed E-state index contributed by atoms with van der Waals surface area (Å²) in [4.78, 5) is 28.9. The first kappa shape index (κ1) is 37.4. The monoisotopic (exact) mass is 731 g/mol.